The number of esters is 1. The van der Waals surface area contributed by atoms with Crippen LogP contribution >= 0.6 is 11.8 Å². The summed E-state index contributed by atoms with van der Waals surface area (Å²) >= 11 is 1.60. The summed E-state index contributed by atoms with van der Waals surface area (Å²) in [4.78, 5) is 21.7. The lowest BCUT2D eigenvalue weighted by molar-refractivity contribution is -0.137. The molecule has 1 aliphatic rings. The SMILES string of the molecule is O=Cc1ccc(CSC2CCOC2=O)cc1. The van der Waals surface area contributed by atoms with Crippen LogP contribution in [-0.2, 0) is 15.3 Å². The Balaban J connectivity index is 1.89. The summed E-state index contributed by atoms with van der Waals surface area (Å²) in [6, 6.07) is 7.40. The maximum atomic E-state index is 11.2. The summed E-state index contributed by atoms with van der Waals surface area (Å²) in [6.07, 6.45) is 1.63. The zero-order valence-electron chi connectivity index (χ0n) is 8.72. The predicted octanol–water partition coefficient (Wildman–Crippen LogP) is 2.05. The highest BCUT2D eigenvalue weighted by molar-refractivity contribution is 7.99. The van der Waals surface area contributed by atoms with Crippen LogP contribution in [0.15, 0.2) is 24.3 Å². The van der Waals surface area contributed by atoms with Gasteiger partial charge in [-0.1, -0.05) is 24.3 Å². The summed E-state index contributed by atoms with van der Waals surface area (Å²) in [6.45, 7) is 0.542. The number of hydrogen-bond donors (Lipinski definition) is 0. The van der Waals surface area contributed by atoms with E-state index in [0.29, 0.717) is 12.2 Å². The van der Waals surface area contributed by atoms with Crippen molar-refractivity contribution in [2.24, 2.45) is 0 Å². The third kappa shape index (κ3) is 2.64. The molecule has 0 bridgehead atoms. The molecule has 0 saturated carbocycles. The van der Waals surface area contributed by atoms with E-state index < -0.39 is 0 Å². The molecule has 1 aromatic rings. The molecule has 1 heterocycles. The second-order valence-electron chi connectivity index (χ2n) is 3.62. The Labute approximate surface area is 98.2 Å². The molecule has 16 heavy (non-hydrogen) atoms. The van der Waals surface area contributed by atoms with Crippen molar-refractivity contribution in [3.63, 3.8) is 0 Å². The maximum Gasteiger partial charge on any atom is 0.319 e. The van der Waals surface area contributed by atoms with Crippen LogP contribution in [0.25, 0.3) is 0 Å². The number of benzene rings is 1. The second kappa shape index (κ2) is 5.16. The minimum absolute atomic E-state index is 0.0225. The molecule has 3 nitrogen and oxygen atoms in total. The number of carbonyl (C=O) groups excluding carboxylic acids is 2. The molecular formula is C12H12O3S. The highest BCUT2D eigenvalue weighted by Crippen LogP contribution is 2.25. The Morgan fingerprint density at radius 1 is 1.38 bits per heavy atom. The van der Waals surface area contributed by atoms with E-state index in [4.69, 9.17) is 4.74 Å². The molecule has 0 aliphatic carbocycles. The van der Waals surface area contributed by atoms with Crippen LogP contribution in [0.4, 0.5) is 0 Å². The van der Waals surface area contributed by atoms with E-state index >= 15 is 0 Å². The van der Waals surface area contributed by atoms with Crippen LogP contribution in [0.1, 0.15) is 22.3 Å². The van der Waals surface area contributed by atoms with Gasteiger partial charge in [-0.15, -0.1) is 11.8 Å². The van der Waals surface area contributed by atoms with Gasteiger partial charge >= 0.3 is 5.97 Å². The Kier molecular flexibility index (Phi) is 3.62. The van der Waals surface area contributed by atoms with Crippen LogP contribution in [-0.4, -0.2) is 24.1 Å². The lowest BCUT2D eigenvalue weighted by Gasteiger charge is -2.05. The Morgan fingerprint density at radius 3 is 2.69 bits per heavy atom. The van der Waals surface area contributed by atoms with E-state index in [1.54, 1.807) is 23.9 Å². The smallest absolute Gasteiger partial charge is 0.319 e. The van der Waals surface area contributed by atoms with Gasteiger partial charge in [-0.05, 0) is 5.56 Å². The van der Waals surface area contributed by atoms with Gasteiger partial charge in [0, 0.05) is 17.7 Å². The molecule has 4 heteroatoms. The molecule has 1 fully saturated rings. The molecule has 0 radical (unpaired) electrons. The molecule has 1 aromatic carbocycles. The number of cyclic esters (lactones) is 1. The van der Waals surface area contributed by atoms with Crippen molar-refractivity contribution >= 4 is 24.0 Å². The van der Waals surface area contributed by atoms with Crippen molar-refractivity contribution in [3.05, 3.63) is 35.4 Å². The average Bonchev–Trinajstić information content (AvgIpc) is 2.73. The number of ether oxygens (including phenoxy) is 1. The number of thioether (sulfide) groups is 1. The maximum absolute atomic E-state index is 11.2. The largest absolute Gasteiger partial charge is 0.465 e. The Morgan fingerprint density at radius 2 is 2.12 bits per heavy atom. The first-order valence-electron chi connectivity index (χ1n) is 5.12. The van der Waals surface area contributed by atoms with Crippen molar-refractivity contribution in [3.8, 4) is 0 Å². The molecule has 0 amide bonds. The van der Waals surface area contributed by atoms with Crippen molar-refractivity contribution in [1.29, 1.82) is 0 Å². The first kappa shape index (κ1) is 11.2. The first-order valence-corrected chi connectivity index (χ1v) is 6.17. The van der Waals surface area contributed by atoms with E-state index in [1.807, 2.05) is 12.1 Å². The van der Waals surface area contributed by atoms with Crippen LogP contribution in [0.3, 0.4) is 0 Å². The standard InChI is InChI=1S/C12H12O3S/c13-7-9-1-3-10(4-2-9)8-16-11-5-6-15-12(11)14/h1-4,7,11H,5-6,8H2. The van der Waals surface area contributed by atoms with E-state index in [0.717, 1.165) is 24.0 Å². The predicted molar refractivity (Wildman–Crippen MR) is 62.5 cm³/mol. The van der Waals surface area contributed by atoms with Crippen molar-refractivity contribution in [2.45, 2.75) is 17.4 Å². The first-order chi connectivity index (χ1) is 7.79. The van der Waals surface area contributed by atoms with Crippen molar-refractivity contribution in [2.75, 3.05) is 6.61 Å². The van der Waals surface area contributed by atoms with Gasteiger partial charge < -0.3 is 4.74 Å². The molecule has 0 aromatic heterocycles. The molecule has 1 unspecified atom stereocenters. The summed E-state index contributed by atoms with van der Waals surface area (Å²) in [5.41, 5.74) is 1.80. The van der Waals surface area contributed by atoms with E-state index in [-0.39, 0.29) is 11.2 Å². The van der Waals surface area contributed by atoms with Crippen molar-refractivity contribution in [1.82, 2.24) is 0 Å². The van der Waals surface area contributed by atoms with Crippen molar-refractivity contribution < 1.29 is 14.3 Å². The zero-order chi connectivity index (χ0) is 11.4. The van der Waals surface area contributed by atoms with Gasteiger partial charge in [-0.2, -0.15) is 0 Å². The lowest BCUT2D eigenvalue weighted by Crippen LogP contribution is -2.09. The van der Waals surface area contributed by atoms with Gasteiger partial charge in [0.05, 0.1) is 6.61 Å². The Bertz CT molecular complexity index is 386. The van der Waals surface area contributed by atoms with E-state index in [1.165, 1.54) is 0 Å². The molecule has 0 N–H and O–H groups in total. The van der Waals surface area contributed by atoms with E-state index in [9.17, 15) is 9.59 Å². The van der Waals surface area contributed by atoms with Gasteiger partial charge in [-0.3, -0.25) is 9.59 Å². The van der Waals surface area contributed by atoms with Gasteiger partial charge in [-0.25, -0.2) is 0 Å². The molecule has 2 rings (SSSR count). The van der Waals surface area contributed by atoms with Gasteiger partial charge in [0.1, 0.15) is 11.5 Å². The second-order valence-corrected chi connectivity index (χ2v) is 4.81. The van der Waals surface area contributed by atoms with Gasteiger partial charge in [0.2, 0.25) is 0 Å². The third-order valence-electron chi connectivity index (χ3n) is 2.45. The minimum Gasteiger partial charge on any atom is -0.465 e. The fourth-order valence-electron chi connectivity index (χ4n) is 1.52. The van der Waals surface area contributed by atoms with Crippen LogP contribution in [0, 0.1) is 0 Å². The highest BCUT2D eigenvalue weighted by Gasteiger charge is 2.26. The third-order valence-corrected chi connectivity index (χ3v) is 3.78. The number of aldehydes is 1. The molecule has 0 spiro atoms. The summed E-state index contributed by atoms with van der Waals surface area (Å²) in [5, 5.41) is -0.0225. The monoisotopic (exact) mass is 236 g/mol. The molecule has 84 valence electrons. The van der Waals surface area contributed by atoms with E-state index in [2.05, 4.69) is 0 Å². The quantitative estimate of drug-likeness (QED) is 0.593. The molecule has 1 atom stereocenters. The lowest BCUT2D eigenvalue weighted by atomic mass is 10.2. The molecule has 1 saturated heterocycles. The highest BCUT2D eigenvalue weighted by atomic mass is 32.2. The minimum atomic E-state index is -0.102. The fourth-order valence-corrected chi connectivity index (χ4v) is 2.57. The number of hydrogen-bond acceptors (Lipinski definition) is 4. The Hall–Kier alpha value is -1.29. The van der Waals surface area contributed by atoms with Gasteiger partial charge in [0.15, 0.2) is 0 Å². The van der Waals surface area contributed by atoms with Crippen LogP contribution in [0.5, 0.6) is 0 Å². The summed E-state index contributed by atoms with van der Waals surface area (Å²) in [5.74, 6) is 0.674. The number of carbonyl (C=O) groups is 2. The van der Waals surface area contributed by atoms with Gasteiger partial charge in [0.25, 0.3) is 0 Å². The zero-order valence-corrected chi connectivity index (χ0v) is 9.53. The number of rotatable bonds is 4. The summed E-state index contributed by atoms with van der Waals surface area (Å²) < 4.78 is 4.88. The topological polar surface area (TPSA) is 43.4 Å². The fraction of sp³-hybridized carbons (Fsp3) is 0.333. The molecule has 1 aliphatic heterocycles. The normalized spacial score (nSPS) is 19.5. The van der Waals surface area contributed by atoms with Crippen LogP contribution < -0.4 is 0 Å². The van der Waals surface area contributed by atoms with Crippen LogP contribution in [0.2, 0.25) is 0 Å². The summed E-state index contributed by atoms with van der Waals surface area (Å²) in [7, 11) is 0. The average molecular weight is 236 g/mol. The molecular weight excluding hydrogens is 224 g/mol.